The second-order valence-electron chi connectivity index (χ2n) is 12.0. The molecule has 0 aliphatic carbocycles. The van der Waals surface area contributed by atoms with Gasteiger partial charge in [0.1, 0.15) is 40.9 Å². The number of imidazole rings is 1. The molecular weight excluding hydrogens is 588 g/mol. The third-order valence-electron chi connectivity index (χ3n) is 8.98. The molecule has 2 atom stereocenters. The summed E-state index contributed by atoms with van der Waals surface area (Å²) < 4.78 is 38.7. The molecule has 9 nitrogen and oxygen atoms in total. The maximum atomic E-state index is 14.8. The summed E-state index contributed by atoms with van der Waals surface area (Å²) in [4.78, 5) is 27.0. The molecule has 1 amide bonds. The molecule has 5 heterocycles. The van der Waals surface area contributed by atoms with Gasteiger partial charge in [-0.05, 0) is 54.3 Å². The van der Waals surface area contributed by atoms with E-state index in [2.05, 4.69) is 23.3 Å². The predicted octanol–water partition coefficient (Wildman–Crippen LogP) is 5.97. The fourth-order valence-corrected chi connectivity index (χ4v) is 6.73. The van der Waals surface area contributed by atoms with Gasteiger partial charge in [-0.15, -0.1) is 0 Å². The number of carbonyl (C=O) groups is 1. The first kappa shape index (κ1) is 28.2. The van der Waals surface area contributed by atoms with E-state index < -0.39 is 17.7 Å². The normalized spacial score (nSPS) is 18.8. The first-order chi connectivity index (χ1) is 22.4. The Kier molecular flexibility index (Phi) is 6.88. The van der Waals surface area contributed by atoms with Gasteiger partial charge in [-0.2, -0.15) is 5.10 Å². The number of nitrogens with zero attached hydrogens (tertiary/aromatic N) is 7. The number of anilines is 1. The molecule has 0 spiro atoms. The molecule has 232 valence electrons. The second-order valence-corrected chi connectivity index (χ2v) is 12.0. The molecule has 6 bridgehead atoms. The minimum absolute atomic E-state index is 0.0225. The van der Waals surface area contributed by atoms with E-state index in [0.29, 0.717) is 42.4 Å². The summed E-state index contributed by atoms with van der Waals surface area (Å²) in [5.74, 6) is 0.187. The average Bonchev–Trinajstić information content (AvgIpc) is 3.79. The lowest BCUT2D eigenvalue weighted by Gasteiger charge is -2.28. The highest BCUT2D eigenvalue weighted by Crippen LogP contribution is 2.35. The van der Waals surface area contributed by atoms with Crippen LogP contribution in [-0.4, -0.2) is 67.2 Å². The topological polar surface area (TPSA) is 80.8 Å². The smallest absolute Gasteiger partial charge is 0.245 e. The van der Waals surface area contributed by atoms with Crippen LogP contribution in [0.1, 0.15) is 19.3 Å². The summed E-state index contributed by atoms with van der Waals surface area (Å²) in [6.07, 6.45) is 8.87. The van der Waals surface area contributed by atoms with Crippen molar-refractivity contribution in [3.05, 3.63) is 97.1 Å². The quantitative estimate of drug-likeness (QED) is 0.238. The summed E-state index contributed by atoms with van der Waals surface area (Å²) in [6.45, 7) is 1.76. The maximum Gasteiger partial charge on any atom is 0.245 e. The number of ether oxygens (including phenoxy) is 1. The van der Waals surface area contributed by atoms with Crippen LogP contribution in [0, 0.1) is 11.6 Å². The molecule has 1 saturated heterocycles. The van der Waals surface area contributed by atoms with E-state index in [1.165, 1.54) is 12.1 Å². The van der Waals surface area contributed by atoms with Crippen molar-refractivity contribution in [3.63, 3.8) is 0 Å². The molecule has 6 aromatic rings. The molecule has 3 aromatic carbocycles. The van der Waals surface area contributed by atoms with Gasteiger partial charge in [0.05, 0.1) is 23.8 Å². The highest BCUT2D eigenvalue weighted by atomic mass is 19.1. The van der Waals surface area contributed by atoms with Crippen LogP contribution in [0.25, 0.3) is 38.9 Å². The summed E-state index contributed by atoms with van der Waals surface area (Å²) in [6, 6.07) is 17.1. The van der Waals surface area contributed by atoms with Crippen molar-refractivity contribution in [2.45, 2.75) is 38.0 Å². The monoisotopic (exact) mass is 619 g/mol. The van der Waals surface area contributed by atoms with Crippen molar-refractivity contribution >= 4 is 28.1 Å². The van der Waals surface area contributed by atoms with E-state index >= 15 is 0 Å². The summed E-state index contributed by atoms with van der Waals surface area (Å²) >= 11 is 0. The van der Waals surface area contributed by atoms with Crippen LogP contribution in [0.3, 0.4) is 0 Å². The molecular formula is C35H31F2N7O2. The fourth-order valence-electron chi connectivity index (χ4n) is 6.73. The molecule has 8 rings (SSSR count). The zero-order valence-electron chi connectivity index (χ0n) is 25.2. The van der Waals surface area contributed by atoms with Gasteiger partial charge in [0.15, 0.2) is 5.82 Å². The number of fused-ring (bicyclic) bond motifs is 7. The number of halogens is 2. The van der Waals surface area contributed by atoms with E-state index in [1.54, 1.807) is 27.9 Å². The van der Waals surface area contributed by atoms with E-state index in [9.17, 15) is 13.6 Å². The second kappa shape index (κ2) is 11.2. The van der Waals surface area contributed by atoms with Crippen LogP contribution in [0.15, 0.2) is 85.5 Å². The minimum Gasteiger partial charge on any atom is -0.488 e. The van der Waals surface area contributed by atoms with Crippen molar-refractivity contribution in [2.75, 3.05) is 25.0 Å². The number of aryl methyl sites for hydroxylation is 1. The minimum atomic E-state index is -0.707. The van der Waals surface area contributed by atoms with Gasteiger partial charge in [0.25, 0.3) is 0 Å². The van der Waals surface area contributed by atoms with E-state index in [1.807, 2.05) is 47.0 Å². The van der Waals surface area contributed by atoms with Crippen LogP contribution in [0.5, 0.6) is 5.75 Å². The Morgan fingerprint density at radius 3 is 2.72 bits per heavy atom. The number of hydrogen-bond donors (Lipinski definition) is 0. The third-order valence-corrected chi connectivity index (χ3v) is 8.98. The van der Waals surface area contributed by atoms with Crippen molar-refractivity contribution in [1.82, 2.24) is 29.0 Å². The predicted molar refractivity (Wildman–Crippen MR) is 171 cm³/mol. The lowest BCUT2D eigenvalue weighted by atomic mass is 10.0. The molecule has 3 aromatic heterocycles. The van der Waals surface area contributed by atoms with Gasteiger partial charge < -0.3 is 14.5 Å². The van der Waals surface area contributed by atoms with Crippen LogP contribution in [0.2, 0.25) is 0 Å². The number of aromatic nitrogens is 5. The molecule has 46 heavy (non-hydrogen) atoms. The van der Waals surface area contributed by atoms with Gasteiger partial charge in [-0.1, -0.05) is 24.3 Å². The summed E-state index contributed by atoms with van der Waals surface area (Å²) in [5, 5.41) is 5.89. The maximum absolute atomic E-state index is 14.8. The molecule has 0 N–H and O–H groups in total. The Balaban J connectivity index is 1.18. The van der Waals surface area contributed by atoms with Crippen LogP contribution >= 0.6 is 0 Å². The molecule has 0 radical (unpaired) electrons. The van der Waals surface area contributed by atoms with Crippen LogP contribution in [-0.2, 0) is 11.3 Å². The number of likely N-dealkylation sites (N-methyl/N-ethyl adjacent to an activating group) is 1. The number of carbonyl (C=O) groups excluding carboxylic acids is 1. The molecule has 2 aliphatic heterocycles. The van der Waals surface area contributed by atoms with E-state index in [-0.39, 0.29) is 17.6 Å². The highest BCUT2D eigenvalue weighted by molar-refractivity contribution is 5.94. The third kappa shape index (κ3) is 4.92. The van der Waals surface area contributed by atoms with Crippen molar-refractivity contribution in [3.8, 4) is 28.3 Å². The number of hydrogen-bond acceptors (Lipinski definition) is 6. The van der Waals surface area contributed by atoms with Crippen LogP contribution < -0.4 is 9.64 Å². The number of amides is 1. The van der Waals surface area contributed by atoms with E-state index in [4.69, 9.17) is 14.8 Å². The number of benzene rings is 3. The lowest BCUT2D eigenvalue weighted by Crippen LogP contribution is -2.45. The largest absolute Gasteiger partial charge is 0.488 e. The fraction of sp³-hybridized carbons (Fsp3) is 0.257. The van der Waals surface area contributed by atoms with Crippen LogP contribution in [0.4, 0.5) is 14.6 Å². The molecule has 0 unspecified atom stereocenters. The van der Waals surface area contributed by atoms with Gasteiger partial charge in [0.2, 0.25) is 5.91 Å². The van der Waals surface area contributed by atoms with Gasteiger partial charge in [-0.25, -0.2) is 18.7 Å². The summed E-state index contributed by atoms with van der Waals surface area (Å²) in [5.41, 5.74) is 3.84. The summed E-state index contributed by atoms with van der Waals surface area (Å²) in [7, 11) is 1.84. The van der Waals surface area contributed by atoms with Gasteiger partial charge >= 0.3 is 0 Å². The SMILES string of the molecule is CN1CCCCn2cc3c(cccc3n2)-c2cccc(c2)O[C@H]2C[C@@H](C1=O)N(c1nccn3c(-c4ccc(F)cc4F)ncc13)C2. The Hall–Kier alpha value is -5.32. The molecule has 0 saturated carbocycles. The zero-order chi connectivity index (χ0) is 31.4. The Bertz CT molecular complexity index is 2110. The van der Waals surface area contributed by atoms with E-state index in [0.717, 1.165) is 47.5 Å². The lowest BCUT2D eigenvalue weighted by molar-refractivity contribution is -0.131. The number of rotatable bonds is 2. The first-order valence-corrected chi connectivity index (χ1v) is 15.5. The standard InChI is InChI=1S/C35H31F2N7O2/c1-41-13-2-3-14-42-21-28-26(8-5-9-30(28)40-42)22-6-4-7-24(16-22)46-25-18-31(35(41)45)44(20-25)34-32-19-39-33(43(32)15-12-38-34)27-11-10-23(36)17-29(27)37/h4-12,15-17,19,21,25,31H,2-3,13-14,18,20H2,1H3/t25-,31-/m0/s1. The molecule has 11 heteroatoms. The van der Waals surface area contributed by atoms with Crippen molar-refractivity contribution in [2.24, 2.45) is 0 Å². The molecule has 2 aliphatic rings. The highest BCUT2D eigenvalue weighted by Gasteiger charge is 2.41. The first-order valence-electron chi connectivity index (χ1n) is 15.5. The van der Waals surface area contributed by atoms with Crippen molar-refractivity contribution < 1.29 is 18.3 Å². The zero-order valence-corrected chi connectivity index (χ0v) is 25.2. The Morgan fingerprint density at radius 1 is 0.957 bits per heavy atom. The Morgan fingerprint density at radius 2 is 1.83 bits per heavy atom. The Labute approximate surface area is 263 Å². The van der Waals surface area contributed by atoms with Crippen molar-refractivity contribution in [1.29, 1.82) is 0 Å². The van der Waals surface area contributed by atoms with Gasteiger partial charge in [-0.3, -0.25) is 13.9 Å². The van der Waals surface area contributed by atoms with Gasteiger partial charge in [0, 0.05) is 56.6 Å². The average molecular weight is 620 g/mol. The molecule has 1 fully saturated rings.